The van der Waals surface area contributed by atoms with Crippen LogP contribution in [0.4, 0.5) is 0 Å². The van der Waals surface area contributed by atoms with Gasteiger partial charge in [0.15, 0.2) is 0 Å². The van der Waals surface area contributed by atoms with Gasteiger partial charge in [0.25, 0.3) is 0 Å². The number of hydrogen-bond donors (Lipinski definition) is 0. The van der Waals surface area contributed by atoms with Crippen LogP contribution in [0, 0.1) is 0 Å². The smallest absolute Gasteiger partial charge is 0.0541 e. The van der Waals surface area contributed by atoms with Crippen molar-refractivity contribution in [3.63, 3.8) is 0 Å². The van der Waals surface area contributed by atoms with Gasteiger partial charge in [-0.25, -0.2) is 0 Å². The molecular weight excluding hydrogens is 1280 g/mol. The molecule has 21 aromatic rings. The molecule has 4 nitrogen and oxygen atoms in total. The Kier molecular flexibility index (Phi) is 15.2. The lowest BCUT2D eigenvalue weighted by atomic mass is 9.99. The van der Waals surface area contributed by atoms with Gasteiger partial charge >= 0.3 is 0 Å². The fourth-order valence-corrected chi connectivity index (χ4v) is 16.4. The zero-order valence-electron chi connectivity index (χ0n) is 58.0. The highest BCUT2D eigenvalue weighted by Crippen LogP contribution is 2.44. The second-order valence-electron chi connectivity index (χ2n) is 27.6. The van der Waals surface area contributed by atoms with Crippen LogP contribution < -0.4 is 0 Å². The Bertz CT molecular complexity index is 6900. The van der Waals surface area contributed by atoms with E-state index in [1.165, 1.54) is 176 Å². The molecule has 0 aliphatic heterocycles. The van der Waals surface area contributed by atoms with Gasteiger partial charge in [0.05, 0.1) is 44.1 Å². The predicted molar refractivity (Wildman–Crippen MR) is 448 cm³/mol. The lowest BCUT2D eigenvalue weighted by molar-refractivity contribution is 1.18. The number of aromatic nitrogens is 4. The van der Waals surface area contributed by atoms with Crippen LogP contribution in [0.2, 0.25) is 0 Å². The third-order valence-electron chi connectivity index (χ3n) is 21.4. The van der Waals surface area contributed by atoms with Crippen molar-refractivity contribution >= 4 is 87.2 Å². The first-order valence-electron chi connectivity index (χ1n) is 36.4. The van der Waals surface area contributed by atoms with E-state index in [1.807, 2.05) is 0 Å². The maximum Gasteiger partial charge on any atom is 0.0541 e. The molecule has 0 bridgehead atoms. The van der Waals surface area contributed by atoms with Gasteiger partial charge in [0.2, 0.25) is 0 Å². The second kappa shape index (κ2) is 26.1. The molecule has 0 radical (unpaired) electrons. The first kappa shape index (κ1) is 61.8. The fraction of sp³-hybridized carbons (Fsp3) is 0. The van der Waals surface area contributed by atoms with E-state index in [0.717, 1.165) is 11.4 Å². The van der Waals surface area contributed by atoms with Crippen molar-refractivity contribution < 1.29 is 0 Å². The third kappa shape index (κ3) is 10.9. The average molecular weight is 1350 g/mol. The Labute approximate surface area is 614 Å². The highest BCUT2D eigenvalue weighted by molar-refractivity contribution is 6.16. The first-order valence-corrected chi connectivity index (χ1v) is 36.4. The maximum absolute atomic E-state index is 2.43. The second-order valence-corrected chi connectivity index (χ2v) is 27.6. The van der Waals surface area contributed by atoms with Gasteiger partial charge in [-0.05, 0) is 217 Å². The van der Waals surface area contributed by atoms with E-state index in [1.54, 1.807) is 0 Å². The van der Waals surface area contributed by atoms with E-state index < -0.39 is 0 Å². The standard InChI is InChI=1S/C54H36N2.C48H32N2/c1-4-14-37(15-5-1)39-18-12-19-40(32-39)41-20-13-23-46(33-41)56-53-29-26-42(38-16-6-2-7-17-38)34-49(53)50-36-44(28-31-54(50)56)43-27-30-52-48(35-43)47-24-10-11-25-51(47)55(52)45-21-8-3-9-22-45;1-4-13-33(14-5-1)35-17-12-20-40(29-35)50-47-26-23-36(34-15-6-2-7-16-34)30-43(47)44-32-38(25-28-48(44)50)37-24-27-46-42(31-37)41-21-10-11-22-45(41)49(46)39-18-8-3-9-19-39/h1-36H;1-32H. The van der Waals surface area contributed by atoms with Crippen LogP contribution in [-0.4, -0.2) is 18.3 Å². The first-order chi connectivity index (χ1) is 52.6. The molecule has 0 saturated carbocycles. The Hall–Kier alpha value is -14.1. The highest BCUT2D eigenvalue weighted by Gasteiger charge is 2.21. The van der Waals surface area contributed by atoms with Gasteiger partial charge in [-0.1, -0.05) is 273 Å². The largest absolute Gasteiger partial charge is 0.309 e. The summed E-state index contributed by atoms with van der Waals surface area (Å²) < 4.78 is 9.61. The molecule has 0 fully saturated rings. The van der Waals surface area contributed by atoms with Crippen molar-refractivity contribution in [1.29, 1.82) is 0 Å². The van der Waals surface area contributed by atoms with Gasteiger partial charge in [-0.15, -0.1) is 0 Å². The summed E-state index contributed by atoms with van der Waals surface area (Å²) in [6.07, 6.45) is 0. The van der Waals surface area contributed by atoms with Crippen LogP contribution >= 0.6 is 0 Å². The molecule has 0 spiro atoms. The van der Waals surface area contributed by atoms with E-state index in [9.17, 15) is 0 Å². The minimum Gasteiger partial charge on any atom is -0.309 e. The van der Waals surface area contributed by atoms with E-state index in [2.05, 4.69) is 431 Å². The Morgan fingerprint density at radius 2 is 0.292 bits per heavy atom. The van der Waals surface area contributed by atoms with Gasteiger partial charge in [-0.3, -0.25) is 0 Å². The van der Waals surface area contributed by atoms with Gasteiger partial charge in [0.1, 0.15) is 0 Å². The third-order valence-corrected chi connectivity index (χ3v) is 21.4. The van der Waals surface area contributed by atoms with Crippen molar-refractivity contribution in [1.82, 2.24) is 18.3 Å². The van der Waals surface area contributed by atoms with Gasteiger partial charge < -0.3 is 18.3 Å². The summed E-state index contributed by atoms with van der Waals surface area (Å²) in [6.45, 7) is 0. The summed E-state index contributed by atoms with van der Waals surface area (Å²) in [5.41, 5.74) is 31.2. The monoisotopic (exact) mass is 1350 g/mol. The number of benzene rings is 17. The van der Waals surface area contributed by atoms with Crippen LogP contribution in [0.3, 0.4) is 0 Å². The number of rotatable bonds is 11. The Morgan fingerprint density at radius 1 is 0.104 bits per heavy atom. The molecular formula is C102H68N4. The number of nitrogens with zero attached hydrogens (tertiary/aromatic N) is 4. The summed E-state index contributed by atoms with van der Waals surface area (Å²) >= 11 is 0. The van der Waals surface area contributed by atoms with Crippen LogP contribution in [-0.2, 0) is 0 Å². The SMILES string of the molecule is c1ccc(-c2cccc(-c3cccc(-n4c5ccc(-c6ccccc6)cc5c5cc(-c6ccc7c(c6)c6ccccc6n7-c6ccccc6)ccc54)c3)c2)cc1.c1ccc(-c2cccc(-n3c4ccc(-c5ccccc5)cc4c4cc(-c5ccc6c(c5)c5ccccc5n6-c5ccccc5)ccc43)c2)cc1. The topological polar surface area (TPSA) is 19.7 Å². The van der Waals surface area contributed by atoms with E-state index in [4.69, 9.17) is 0 Å². The molecule has 0 amide bonds. The zero-order chi connectivity index (χ0) is 70.0. The minimum absolute atomic E-state index is 1.14. The molecule has 0 saturated heterocycles. The molecule has 21 rings (SSSR count). The molecule has 0 aliphatic rings. The highest BCUT2D eigenvalue weighted by atomic mass is 15.0. The molecule has 4 heteroatoms. The molecule has 17 aromatic carbocycles. The number of hydrogen-bond acceptors (Lipinski definition) is 0. The molecule has 4 aromatic heterocycles. The zero-order valence-corrected chi connectivity index (χ0v) is 58.0. The molecule has 0 unspecified atom stereocenters. The molecule has 4 heterocycles. The minimum atomic E-state index is 1.14. The van der Waals surface area contributed by atoms with Crippen molar-refractivity contribution in [2.24, 2.45) is 0 Å². The summed E-state index contributed by atoms with van der Waals surface area (Å²) in [7, 11) is 0. The lowest BCUT2D eigenvalue weighted by Gasteiger charge is -2.12. The van der Waals surface area contributed by atoms with Crippen molar-refractivity contribution in [3.8, 4) is 101 Å². The molecule has 0 N–H and O–H groups in total. The summed E-state index contributed by atoms with van der Waals surface area (Å²) in [4.78, 5) is 0. The van der Waals surface area contributed by atoms with E-state index >= 15 is 0 Å². The quantitative estimate of drug-likeness (QED) is 0.123. The molecule has 496 valence electrons. The fourth-order valence-electron chi connectivity index (χ4n) is 16.4. The molecule has 106 heavy (non-hydrogen) atoms. The van der Waals surface area contributed by atoms with Gasteiger partial charge in [0, 0.05) is 65.8 Å². The lowest BCUT2D eigenvalue weighted by Crippen LogP contribution is -1.94. The molecule has 0 atom stereocenters. The number of para-hydroxylation sites is 4. The van der Waals surface area contributed by atoms with Crippen molar-refractivity contribution in [3.05, 3.63) is 413 Å². The van der Waals surface area contributed by atoms with Gasteiger partial charge in [-0.2, -0.15) is 0 Å². The van der Waals surface area contributed by atoms with Crippen molar-refractivity contribution in [2.45, 2.75) is 0 Å². The van der Waals surface area contributed by atoms with E-state index in [-0.39, 0.29) is 0 Å². The summed E-state index contributed by atoms with van der Waals surface area (Å²) in [5.74, 6) is 0. The number of fused-ring (bicyclic) bond motifs is 12. The van der Waals surface area contributed by atoms with Crippen LogP contribution in [0.1, 0.15) is 0 Å². The Morgan fingerprint density at radius 3 is 0.613 bits per heavy atom. The normalized spacial score (nSPS) is 11.6. The average Bonchev–Trinajstić information content (AvgIpc) is 1.61. The van der Waals surface area contributed by atoms with Crippen LogP contribution in [0.15, 0.2) is 413 Å². The maximum atomic E-state index is 2.43. The van der Waals surface area contributed by atoms with Crippen molar-refractivity contribution in [2.75, 3.05) is 0 Å². The van der Waals surface area contributed by atoms with Crippen LogP contribution in [0.5, 0.6) is 0 Å². The van der Waals surface area contributed by atoms with Crippen LogP contribution in [0.25, 0.3) is 188 Å². The summed E-state index contributed by atoms with van der Waals surface area (Å²) in [6, 6.07) is 150. The molecule has 0 aliphatic carbocycles. The van der Waals surface area contributed by atoms with E-state index in [0.29, 0.717) is 0 Å². The summed E-state index contributed by atoms with van der Waals surface area (Å²) in [5, 5.41) is 9.99. The Balaban J connectivity index is 0.000000141. The predicted octanol–water partition coefficient (Wildman–Crippen LogP) is 27.4.